The van der Waals surface area contributed by atoms with Crippen LogP contribution < -0.4 is 0 Å². The Morgan fingerprint density at radius 1 is 1.78 bits per heavy atom. The fourth-order valence-electron chi connectivity index (χ4n) is 0.375. The lowest BCUT2D eigenvalue weighted by Gasteiger charge is -1.79. The number of nitrogens with one attached hydrogen (secondary N) is 1. The second-order valence-corrected chi connectivity index (χ2v) is 1.28. The molecule has 1 aromatic rings. The second-order valence-electron chi connectivity index (χ2n) is 1.28. The molecule has 1 rings (SSSR count). The molecule has 0 amide bonds. The summed E-state index contributed by atoms with van der Waals surface area (Å²) in [6, 6.07) is 1.39. The van der Waals surface area contributed by atoms with Gasteiger partial charge in [0, 0.05) is 6.20 Å². The Hall–Kier alpha value is -0.590. The zero-order valence-electron chi connectivity index (χ0n) is 4.37. The molecule has 5 heteroatoms. The summed E-state index contributed by atoms with van der Waals surface area (Å²) in [5, 5.41) is 13.9. The maximum Gasteiger partial charge on any atom is 0.353 e. The van der Waals surface area contributed by atoms with Crippen molar-refractivity contribution >= 4 is 29.9 Å². The molecule has 4 nitrogen and oxygen atoms in total. The SMILES string of the molecule is I.O=C(O)c1ccn[nH]1. The number of halogens is 1. The molecule has 0 atom stereocenters. The number of aromatic carboxylic acids is 1. The molecule has 9 heavy (non-hydrogen) atoms. The molecule has 0 aliphatic heterocycles. The molecule has 0 aliphatic rings. The first kappa shape index (κ1) is 8.41. The Balaban J connectivity index is 0.000000640. The normalized spacial score (nSPS) is 8.00. The van der Waals surface area contributed by atoms with Crippen molar-refractivity contribution in [2.75, 3.05) is 0 Å². The summed E-state index contributed by atoms with van der Waals surface area (Å²) in [5.41, 5.74) is 0.116. The molecule has 0 aromatic carbocycles. The first-order valence-corrected chi connectivity index (χ1v) is 2.03. The lowest BCUT2D eigenvalue weighted by molar-refractivity contribution is 0.0690. The highest BCUT2D eigenvalue weighted by Crippen LogP contribution is 1.87. The van der Waals surface area contributed by atoms with E-state index in [1.54, 1.807) is 0 Å². The van der Waals surface area contributed by atoms with Crippen LogP contribution in [0.15, 0.2) is 12.3 Å². The van der Waals surface area contributed by atoms with Crippen molar-refractivity contribution in [3.63, 3.8) is 0 Å². The van der Waals surface area contributed by atoms with E-state index in [1.807, 2.05) is 0 Å². The number of aromatic nitrogens is 2. The van der Waals surface area contributed by atoms with Crippen molar-refractivity contribution in [3.8, 4) is 0 Å². The van der Waals surface area contributed by atoms with E-state index in [0.29, 0.717) is 0 Å². The number of hydrogen-bond acceptors (Lipinski definition) is 2. The minimum absolute atomic E-state index is 0. The third-order valence-corrected chi connectivity index (χ3v) is 0.731. The molecule has 2 N–H and O–H groups in total. The molecular formula is C4H5IN2O2. The Morgan fingerprint density at radius 2 is 2.44 bits per heavy atom. The zero-order chi connectivity index (χ0) is 5.98. The van der Waals surface area contributed by atoms with Crippen molar-refractivity contribution in [2.45, 2.75) is 0 Å². The summed E-state index contributed by atoms with van der Waals surface area (Å²) < 4.78 is 0. The first-order chi connectivity index (χ1) is 3.80. The Kier molecular flexibility index (Phi) is 3.21. The highest BCUT2D eigenvalue weighted by Gasteiger charge is 1.99. The van der Waals surface area contributed by atoms with E-state index in [2.05, 4.69) is 10.2 Å². The van der Waals surface area contributed by atoms with E-state index in [9.17, 15) is 4.79 Å². The molecular weight excluding hydrogens is 235 g/mol. The van der Waals surface area contributed by atoms with E-state index in [1.165, 1.54) is 12.3 Å². The van der Waals surface area contributed by atoms with Crippen molar-refractivity contribution in [2.24, 2.45) is 0 Å². The quantitative estimate of drug-likeness (QED) is 0.711. The van der Waals surface area contributed by atoms with Gasteiger partial charge in [-0.1, -0.05) is 0 Å². The molecule has 0 saturated heterocycles. The van der Waals surface area contributed by atoms with Crippen LogP contribution in [-0.4, -0.2) is 21.3 Å². The van der Waals surface area contributed by atoms with Gasteiger partial charge in [-0.3, -0.25) is 5.10 Å². The molecule has 0 aliphatic carbocycles. The maximum atomic E-state index is 9.99. The van der Waals surface area contributed by atoms with Gasteiger partial charge in [-0.15, -0.1) is 24.0 Å². The molecule has 0 unspecified atom stereocenters. The summed E-state index contributed by atoms with van der Waals surface area (Å²) in [7, 11) is 0. The van der Waals surface area contributed by atoms with Crippen LogP contribution in [0.4, 0.5) is 0 Å². The predicted octanol–water partition coefficient (Wildman–Crippen LogP) is 0.726. The van der Waals surface area contributed by atoms with Gasteiger partial charge in [0.05, 0.1) is 0 Å². The summed E-state index contributed by atoms with van der Waals surface area (Å²) in [6.45, 7) is 0. The van der Waals surface area contributed by atoms with Gasteiger partial charge >= 0.3 is 5.97 Å². The lowest BCUT2D eigenvalue weighted by atomic mass is 10.5. The summed E-state index contributed by atoms with van der Waals surface area (Å²) in [5.74, 6) is -0.984. The van der Waals surface area contributed by atoms with Crippen molar-refractivity contribution < 1.29 is 9.90 Å². The monoisotopic (exact) mass is 240 g/mol. The highest BCUT2D eigenvalue weighted by molar-refractivity contribution is 14.0. The van der Waals surface area contributed by atoms with Gasteiger partial charge in [0.2, 0.25) is 0 Å². The maximum absolute atomic E-state index is 9.99. The van der Waals surface area contributed by atoms with Gasteiger partial charge < -0.3 is 5.11 Å². The van der Waals surface area contributed by atoms with E-state index in [-0.39, 0.29) is 29.7 Å². The average Bonchev–Trinajstić information content (AvgIpc) is 2.12. The van der Waals surface area contributed by atoms with Crippen LogP contribution in [0, 0.1) is 0 Å². The molecule has 50 valence electrons. The number of carboxylic acid groups (broad SMARTS) is 1. The Morgan fingerprint density at radius 3 is 2.67 bits per heavy atom. The topological polar surface area (TPSA) is 66.0 Å². The van der Waals surface area contributed by atoms with Crippen LogP contribution in [0.3, 0.4) is 0 Å². The Labute approximate surface area is 68.3 Å². The van der Waals surface area contributed by atoms with Gasteiger partial charge in [0.15, 0.2) is 0 Å². The fourth-order valence-corrected chi connectivity index (χ4v) is 0.375. The molecule has 0 radical (unpaired) electrons. The number of rotatable bonds is 1. The summed E-state index contributed by atoms with van der Waals surface area (Å²) >= 11 is 0. The molecule has 0 bridgehead atoms. The van der Waals surface area contributed by atoms with Gasteiger partial charge in [0.1, 0.15) is 5.69 Å². The van der Waals surface area contributed by atoms with Crippen LogP contribution in [0.1, 0.15) is 10.5 Å². The van der Waals surface area contributed by atoms with Crippen LogP contribution >= 0.6 is 24.0 Å². The highest BCUT2D eigenvalue weighted by atomic mass is 127. The first-order valence-electron chi connectivity index (χ1n) is 2.03. The van der Waals surface area contributed by atoms with Crippen LogP contribution in [0.2, 0.25) is 0 Å². The predicted molar refractivity (Wildman–Crippen MR) is 41.0 cm³/mol. The third-order valence-electron chi connectivity index (χ3n) is 0.731. The number of aromatic amines is 1. The molecule has 0 saturated carbocycles. The smallest absolute Gasteiger partial charge is 0.353 e. The van der Waals surface area contributed by atoms with Crippen molar-refractivity contribution in [1.29, 1.82) is 0 Å². The lowest BCUT2D eigenvalue weighted by Crippen LogP contribution is -1.95. The number of carbonyl (C=O) groups is 1. The second kappa shape index (κ2) is 3.44. The molecule has 0 fully saturated rings. The largest absolute Gasteiger partial charge is 0.477 e. The van der Waals surface area contributed by atoms with Gasteiger partial charge in [0.25, 0.3) is 0 Å². The molecule has 0 spiro atoms. The summed E-state index contributed by atoms with van der Waals surface area (Å²) in [6.07, 6.45) is 1.39. The molecule has 1 aromatic heterocycles. The van der Waals surface area contributed by atoms with E-state index >= 15 is 0 Å². The van der Waals surface area contributed by atoms with Gasteiger partial charge in [-0.2, -0.15) is 5.10 Å². The zero-order valence-corrected chi connectivity index (χ0v) is 6.70. The standard InChI is InChI=1S/C4H4N2O2.HI/c7-4(8)3-1-2-5-6-3;/h1-2H,(H,5,6)(H,7,8);1H. The minimum atomic E-state index is -0.984. The fraction of sp³-hybridized carbons (Fsp3) is 0. The average molecular weight is 240 g/mol. The molecule has 1 heterocycles. The van der Waals surface area contributed by atoms with Crippen LogP contribution in [-0.2, 0) is 0 Å². The van der Waals surface area contributed by atoms with Crippen molar-refractivity contribution in [3.05, 3.63) is 18.0 Å². The van der Waals surface area contributed by atoms with Crippen LogP contribution in [0.5, 0.6) is 0 Å². The third kappa shape index (κ3) is 2.00. The van der Waals surface area contributed by atoms with Gasteiger partial charge in [-0.25, -0.2) is 4.79 Å². The van der Waals surface area contributed by atoms with E-state index < -0.39 is 5.97 Å². The minimum Gasteiger partial charge on any atom is -0.477 e. The van der Waals surface area contributed by atoms with Crippen LogP contribution in [0.25, 0.3) is 0 Å². The number of H-pyrrole nitrogens is 1. The van der Waals surface area contributed by atoms with Gasteiger partial charge in [-0.05, 0) is 6.07 Å². The van der Waals surface area contributed by atoms with E-state index in [4.69, 9.17) is 5.11 Å². The van der Waals surface area contributed by atoms with E-state index in [0.717, 1.165) is 0 Å². The Bertz CT molecular complexity index is 184. The number of hydrogen-bond donors (Lipinski definition) is 2. The van der Waals surface area contributed by atoms with Crippen molar-refractivity contribution in [1.82, 2.24) is 10.2 Å². The summed E-state index contributed by atoms with van der Waals surface area (Å²) in [4.78, 5) is 9.99. The number of carboxylic acids is 1. The number of nitrogens with zero attached hydrogens (tertiary/aromatic N) is 1.